The number of halogens is 2. The summed E-state index contributed by atoms with van der Waals surface area (Å²) in [5, 5.41) is 3.59. The second kappa shape index (κ2) is 5.92. The molecule has 2 amide bonds. The van der Waals surface area contributed by atoms with Gasteiger partial charge in [-0.05, 0) is 41.7 Å². The molecule has 6 heteroatoms. The summed E-state index contributed by atoms with van der Waals surface area (Å²) in [6.07, 6.45) is 4.04. The van der Waals surface area contributed by atoms with Crippen LogP contribution < -0.4 is 5.32 Å². The molecule has 27 heavy (non-hydrogen) atoms. The minimum absolute atomic E-state index is 0.156. The van der Waals surface area contributed by atoms with Crippen LogP contribution >= 0.6 is 11.6 Å². The first-order valence-electron chi connectivity index (χ1n) is 8.95. The molecule has 2 aromatic carbocycles. The number of rotatable bonds is 2. The van der Waals surface area contributed by atoms with Crippen molar-refractivity contribution in [2.45, 2.75) is 31.2 Å². The summed E-state index contributed by atoms with van der Waals surface area (Å²) in [4.78, 5) is 25.3. The molecule has 0 spiro atoms. The fourth-order valence-electron chi connectivity index (χ4n) is 4.51. The summed E-state index contributed by atoms with van der Waals surface area (Å²) in [5.74, 6) is -2.66. The van der Waals surface area contributed by atoms with E-state index in [0.29, 0.717) is 5.56 Å². The Labute approximate surface area is 159 Å². The number of nitrogens with zero attached hydrogens (tertiary/aromatic N) is 1. The molecule has 3 aromatic rings. The predicted molar refractivity (Wildman–Crippen MR) is 100 cm³/mol. The summed E-state index contributed by atoms with van der Waals surface area (Å²) in [6.45, 7) is 0.887. The minimum Gasteiger partial charge on any atom is -0.347 e. The van der Waals surface area contributed by atoms with Crippen LogP contribution in [0, 0.1) is 5.82 Å². The summed E-state index contributed by atoms with van der Waals surface area (Å²) >= 11 is 6.22. The first-order valence-corrected chi connectivity index (χ1v) is 9.32. The zero-order chi connectivity index (χ0) is 18.7. The van der Waals surface area contributed by atoms with Crippen molar-refractivity contribution in [3.8, 4) is 0 Å². The van der Waals surface area contributed by atoms with Gasteiger partial charge in [0.1, 0.15) is 5.82 Å². The zero-order valence-electron chi connectivity index (χ0n) is 14.3. The Morgan fingerprint density at radius 2 is 1.85 bits per heavy atom. The zero-order valence-corrected chi connectivity index (χ0v) is 15.1. The second-order valence-corrected chi connectivity index (χ2v) is 7.58. The SMILES string of the molecule is O=C1NC(=O)[C@@H](c2cn3c4c(cccc24)CCC3)[C@@H]1c1ccc(F)cc1Cl. The largest absolute Gasteiger partial charge is 0.347 e. The lowest BCUT2D eigenvalue weighted by Crippen LogP contribution is -2.21. The van der Waals surface area contributed by atoms with Gasteiger partial charge in [0.15, 0.2) is 0 Å². The average molecular weight is 383 g/mol. The lowest BCUT2D eigenvalue weighted by Gasteiger charge is -2.17. The van der Waals surface area contributed by atoms with Crippen molar-refractivity contribution < 1.29 is 14.0 Å². The molecule has 3 heterocycles. The summed E-state index contributed by atoms with van der Waals surface area (Å²) < 4.78 is 15.7. The van der Waals surface area contributed by atoms with E-state index >= 15 is 0 Å². The molecule has 1 fully saturated rings. The Hall–Kier alpha value is -2.66. The van der Waals surface area contributed by atoms with Gasteiger partial charge >= 0.3 is 0 Å². The van der Waals surface area contributed by atoms with Gasteiger partial charge < -0.3 is 4.57 Å². The highest BCUT2D eigenvalue weighted by Gasteiger charge is 2.45. The van der Waals surface area contributed by atoms with E-state index in [4.69, 9.17) is 11.6 Å². The molecule has 136 valence electrons. The third kappa shape index (κ3) is 2.42. The van der Waals surface area contributed by atoms with Crippen LogP contribution in [-0.2, 0) is 22.6 Å². The van der Waals surface area contributed by atoms with Crippen molar-refractivity contribution >= 4 is 34.3 Å². The van der Waals surface area contributed by atoms with E-state index in [1.807, 2.05) is 18.3 Å². The van der Waals surface area contributed by atoms with Crippen molar-refractivity contribution in [1.82, 2.24) is 9.88 Å². The first-order chi connectivity index (χ1) is 13.0. The Morgan fingerprint density at radius 3 is 2.63 bits per heavy atom. The Morgan fingerprint density at radius 1 is 1.07 bits per heavy atom. The van der Waals surface area contributed by atoms with E-state index in [1.54, 1.807) is 0 Å². The number of carbonyl (C=O) groups excluding carboxylic acids is 2. The van der Waals surface area contributed by atoms with E-state index < -0.39 is 23.6 Å². The molecular weight excluding hydrogens is 367 g/mol. The van der Waals surface area contributed by atoms with E-state index in [-0.39, 0.29) is 10.9 Å². The number of benzene rings is 2. The fourth-order valence-corrected chi connectivity index (χ4v) is 4.79. The smallest absolute Gasteiger partial charge is 0.235 e. The number of carbonyl (C=O) groups is 2. The molecule has 1 saturated heterocycles. The fraction of sp³-hybridized carbons (Fsp3) is 0.238. The number of para-hydroxylation sites is 1. The van der Waals surface area contributed by atoms with Gasteiger partial charge in [0.25, 0.3) is 0 Å². The lowest BCUT2D eigenvalue weighted by atomic mass is 9.83. The molecule has 1 N–H and O–H groups in total. The molecule has 2 aliphatic heterocycles. The van der Waals surface area contributed by atoms with E-state index in [2.05, 4.69) is 16.0 Å². The Kier molecular flexibility index (Phi) is 3.62. The molecule has 0 radical (unpaired) electrons. The topological polar surface area (TPSA) is 51.1 Å². The number of imide groups is 1. The van der Waals surface area contributed by atoms with Crippen molar-refractivity contribution in [2.75, 3.05) is 0 Å². The first kappa shape index (κ1) is 16.5. The van der Waals surface area contributed by atoms with Crippen LogP contribution in [0.3, 0.4) is 0 Å². The Balaban J connectivity index is 1.71. The van der Waals surface area contributed by atoms with E-state index in [1.165, 1.54) is 23.8 Å². The summed E-state index contributed by atoms with van der Waals surface area (Å²) in [6, 6.07) is 10.0. The van der Waals surface area contributed by atoms with Crippen molar-refractivity contribution in [1.29, 1.82) is 0 Å². The molecule has 0 bridgehead atoms. The average Bonchev–Trinajstić information content (AvgIpc) is 3.14. The molecule has 4 nitrogen and oxygen atoms in total. The quantitative estimate of drug-likeness (QED) is 0.683. The third-order valence-corrected chi connectivity index (χ3v) is 5.96. The highest BCUT2D eigenvalue weighted by atomic mass is 35.5. The van der Waals surface area contributed by atoms with Crippen LogP contribution in [-0.4, -0.2) is 16.4 Å². The number of aromatic nitrogens is 1. The van der Waals surface area contributed by atoms with E-state index in [0.717, 1.165) is 35.9 Å². The third-order valence-electron chi connectivity index (χ3n) is 5.64. The maximum Gasteiger partial charge on any atom is 0.235 e. The van der Waals surface area contributed by atoms with Crippen LogP contribution in [0.1, 0.15) is 34.9 Å². The number of hydrogen-bond donors (Lipinski definition) is 1. The van der Waals surface area contributed by atoms with Crippen molar-refractivity contribution in [2.24, 2.45) is 0 Å². The van der Waals surface area contributed by atoms with Gasteiger partial charge in [-0.25, -0.2) is 4.39 Å². The molecular formula is C21H16ClFN2O2. The predicted octanol–water partition coefficient (Wildman–Crippen LogP) is 3.90. The van der Waals surface area contributed by atoms with Crippen molar-refractivity contribution in [3.63, 3.8) is 0 Å². The molecule has 0 saturated carbocycles. The van der Waals surface area contributed by atoms with Gasteiger partial charge in [0.05, 0.1) is 17.4 Å². The maximum atomic E-state index is 13.5. The molecule has 1 aromatic heterocycles. The lowest BCUT2D eigenvalue weighted by molar-refractivity contribution is -0.125. The highest BCUT2D eigenvalue weighted by molar-refractivity contribution is 6.32. The van der Waals surface area contributed by atoms with E-state index in [9.17, 15) is 14.0 Å². The normalized spacial score (nSPS) is 21.7. The molecule has 2 aliphatic rings. The number of hydrogen-bond acceptors (Lipinski definition) is 2. The molecule has 2 atom stereocenters. The van der Waals surface area contributed by atoms with Crippen LogP contribution in [0.4, 0.5) is 4.39 Å². The van der Waals surface area contributed by atoms with Gasteiger partial charge in [0.2, 0.25) is 11.8 Å². The number of nitrogens with one attached hydrogen (secondary N) is 1. The second-order valence-electron chi connectivity index (χ2n) is 7.17. The number of amides is 2. The minimum atomic E-state index is -0.769. The molecule has 0 unspecified atom stereocenters. The standard InChI is InChI=1S/C21H16ClFN2O2/c22-16-9-12(23)6-7-14(16)17-18(21(27)24-20(17)26)15-10-25-8-2-4-11-3-1-5-13(15)19(11)25/h1,3,5-7,9-10,17-18H,2,4,8H2,(H,24,26,27)/t17-,18-/m0/s1. The monoisotopic (exact) mass is 382 g/mol. The maximum absolute atomic E-state index is 13.5. The van der Waals surface area contributed by atoms with Gasteiger partial charge in [0, 0.05) is 23.2 Å². The van der Waals surface area contributed by atoms with Gasteiger partial charge in [-0.1, -0.05) is 35.9 Å². The number of aryl methyl sites for hydroxylation is 2. The highest BCUT2D eigenvalue weighted by Crippen LogP contribution is 2.44. The summed E-state index contributed by atoms with van der Waals surface area (Å²) in [7, 11) is 0. The van der Waals surface area contributed by atoms with Gasteiger partial charge in [-0.15, -0.1) is 0 Å². The molecule has 0 aliphatic carbocycles. The van der Waals surface area contributed by atoms with Crippen LogP contribution in [0.15, 0.2) is 42.6 Å². The molecule has 5 rings (SSSR count). The van der Waals surface area contributed by atoms with Gasteiger partial charge in [-0.2, -0.15) is 0 Å². The Bertz CT molecular complexity index is 1120. The van der Waals surface area contributed by atoms with Gasteiger partial charge in [-0.3, -0.25) is 14.9 Å². The van der Waals surface area contributed by atoms with Crippen LogP contribution in [0.25, 0.3) is 10.9 Å². The van der Waals surface area contributed by atoms with Crippen molar-refractivity contribution in [3.05, 3.63) is 70.1 Å². The summed E-state index contributed by atoms with van der Waals surface area (Å²) in [5.41, 5.74) is 3.68. The van der Waals surface area contributed by atoms with Crippen LogP contribution in [0.5, 0.6) is 0 Å². The van der Waals surface area contributed by atoms with Crippen LogP contribution in [0.2, 0.25) is 5.02 Å².